The number of pyridine rings is 1. The number of phenolic OH excluding ortho intramolecular Hbond substituents is 1. The maximum Gasteiger partial charge on any atom is 0.258 e. The number of unbranched alkanes of at least 4 members (excludes halogenated alkanes) is 1. The van der Waals surface area contributed by atoms with Crippen LogP contribution in [-0.4, -0.2) is 9.67 Å². The van der Waals surface area contributed by atoms with Crippen LogP contribution in [0.5, 0.6) is 5.75 Å². The molecule has 1 unspecified atom stereocenters. The molecule has 3 rings (SSSR count). The smallest absolute Gasteiger partial charge is 0.258 e. The number of hydrogen-bond donors (Lipinski definition) is 1. The summed E-state index contributed by atoms with van der Waals surface area (Å²) in [6.45, 7) is 9.36. The van der Waals surface area contributed by atoms with E-state index in [9.17, 15) is 9.90 Å². The molecule has 0 saturated carbocycles. The molecule has 0 fully saturated rings. The van der Waals surface area contributed by atoms with Crippen molar-refractivity contribution in [3.63, 3.8) is 0 Å². The Morgan fingerprint density at radius 3 is 2.39 bits per heavy atom. The van der Waals surface area contributed by atoms with E-state index >= 15 is 0 Å². The fourth-order valence-electron chi connectivity index (χ4n) is 3.09. The molecule has 28 heavy (non-hydrogen) atoms. The third kappa shape index (κ3) is 6.26. The zero-order chi connectivity index (χ0) is 20.5. The van der Waals surface area contributed by atoms with Crippen molar-refractivity contribution >= 4 is 10.8 Å². The summed E-state index contributed by atoms with van der Waals surface area (Å²) in [6, 6.07) is 14.7. The standard InChI is InChI=1S/C17H15NO2.C8H18/c1-12-2-7-16-14(10-12)8-9-18(17(16)20)11-13-3-5-15(19)6-4-13;1-4-6-7-8(3)5-2/h2-10,19H,11H2,1H3;8H,4-7H2,1-3H3. The van der Waals surface area contributed by atoms with Crippen molar-refractivity contribution in [1.29, 1.82) is 0 Å². The maximum absolute atomic E-state index is 12.4. The van der Waals surface area contributed by atoms with Crippen LogP contribution in [0, 0.1) is 12.8 Å². The summed E-state index contributed by atoms with van der Waals surface area (Å²) in [5, 5.41) is 11.0. The molecule has 0 amide bonds. The topological polar surface area (TPSA) is 42.2 Å². The minimum absolute atomic E-state index is 0.00979. The van der Waals surface area contributed by atoms with Crippen molar-refractivity contribution < 1.29 is 5.11 Å². The van der Waals surface area contributed by atoms with E-state index < -0.39 is 0 Å². The maximum atomic E-state index is 12.4. The summed E-state index contributed by atoms with van der Waals surface area (Å²) in [6.07, 6.45) is 7.35. The van der Waals surface area contributed by atoms with Crippen LogP contribution in [0.1, 0.15) is 57.6 Å². The van der Waals surface area contributed by atoms with Crippen molar-refractivity contribution in [2.24, 2.45) is 5.92 Å². The number of benzene rings is 2. The third-order valence-corrected chi connectivity index (χ3v) is 5.17. The molecule has 3 aromatic rings. The van der Waals surface area contributed by atoms with Gasteiger partial charge in [0.15, 0.2) is 0 Å². The quantitative estimate of drug-likeness (QED) is 0.547. The first-order chi connectivity index (χ1) is 13.4. The highest BCUT2D eigenvalue weighted by Crippen LogP contribution is 2.14. The number of nitrogens with zero attached hydrogens (tertiary/aromatic N) is 1. The van der Waals surface area contributed by atoms with E-state index in [0.717, 1.165) is 27.8 Å². The Kier molecular flexibility index (Phi) is 8.31. The Morgan fingerprint density at radius 1 is 1.04 bits per heavy atom. The average molecular weight is 380 g/mol. The van der Waals surface area contributed by atoms with E-state index in [2.05, 4.69) is 20.8 Å². The molecule has 3 nitrogen and oxygen atoms in total. The number of aryl methyl sites for hydroxylation is 1. The van der Waals surface area contributed by atoms with Crippen molar-refractivity contribution in [1.82, 2.24) is 4.57 Å². The molecule has 1 heterocycles. The van der Waals surface area contributed by atoms with Crippen LogP contribution in [0.25, 0.3) is 10.8 Å². The molecule has 150 valence electrons. The lowest BCUT2D eigenvalue weighted by Gasteiger charge is -2.08. The molecular weight excluding hydrogens is 346 g/mol. The Morgan fingerprint density at radius 2 is 1.75 bits per heavy atom. The van der Waals surface area contributed by atoms with Gasteiger partial charge in [-0.2, -0.15) is 0 Å². The highest BCUT2D eigenvalue weighted by atomic mass is 16.3. The van der Waals surface area contributed by atoms with E-state index in [1.54, 1.807) is 16.7 Å². The van der Waals surface area contributed by atoms with Crippen LogP contribution < -0.4 is 5.56 Å². The molecule has 0 aliphatic rings. The van der Waals surface area contributed by atoms with Gasteiger partial charge >= 0.3 is 0 Å². The van der Waals surface area contributed by atoms with E-state index in [0.29, 0.717) is 6.54 Å². The first kappa shape index (κ1) is 21.7. The molecule has 0 aliphatic carbocycles. The summed E-state index contributed by atoms with van der Waals surface area (Å²) in [5.41, 5.74) is 2.14. The highest BCUT2D eigenvalue weighted by molar-refractivity contribution is 5.82. The fourth-order valence-corrected chi connectivity index (χ4v) is 3.09. The number of aromatic nitrogens is 1. The minimum atomic E-state index is 0.00979. The van der Waals surface area contributed by atoms with E-state index in [1.807, 2.05) is 49.5 Å². The lowest BCUT2D eigenvalue weighted by Crippen LogP contribution is -2.19. The van der Waals surface area contributed by atoms with E-state index in [-0.39, 0.29) is 11.3 Å². The third-order valence-electron chi connectivity index (χ3n) is 5.17. The second-order valence-electron chi connectivity index (χ2n) is 7.66. The number of fused-ring (bicyclic) bond motifs is 1. The predicted octanol–water partition coefficient (Wildman–Crippen LogP) is 6.29. The number of rotatable bonds is 6. The molecule has 0 spiro atoms. The Hall–Kier alpha value is -2.55. The lowest BCUT2D eigenvalue weighted by atomic mass is 10.0. The second-order valence-corrected chi connectivity index (χ2v) is 7.66. The van der Waals surface area contributed by atoms with Gasteiger partial charge in [-0.15, -0.1) is 0 Å². The monoisotopic (exact) mass is 379 g/mol. The van der Waals surface area contributed by atoms with Gasteiger partial charge in [0, 0.05) is 11.6 Å². The minimum Gasteiger partial charge on any atom is -0.508 e. The summed E-state index contributed by atoms with van der Waals surface area (Å²) in [4.78, 5) is 12.4. The predicted molar refractivity (Wildman–Crippen MR) is 119 cm³/mol. The number of hydrogen-bond acceptors (Lipinski definition) is 2. The summed E-state index contributed by atoms with van der Waals surface area (Å²) in [5.74, 6) is 1.19. The average Bonchev–Trinajstić information content (AvgIpc) is 2.70. The zero-order valence-electron chi connectivity index (χ0n) is 17.6. The van der Waals surface area contributed by atoms with Crippen molar-refractivity contribution in [2.45, 2.75) is 59.9 Å². The Bertz CT molecular complexity index is 925. The van der Waals surface area contributed by atoms with Gasteiger partial charge in [-0.25, -0.2) is 0 Å². The normalized spacial score (nSPS) is 11.7. The largest absolute Gasteiger partial charge is 0.508 e. The molecule has 1 N–H and O–H groups in total. The molecule has 2 aromatic carbocycles. The van der Waals surface area contributed by atoms with Gasteiger partial charge in [0.2, 0.25) is 0 Å². The van der Waals surface area contributed by atoms with Gasteiger partial charge in [-0.05, 0) is 48.1 Å². The second kappa shape index (κ2) is 10.7. The van der Waals surface area contributed by atoms with Crippen molar-refractivity contribution in [3.05, 3.63) is 76.2 Å². The van der Waals surface area contributed by atoms with Gasteiger partial charge in [0.25, 0.3) is 5.56 Å². The molecular formula is C25H33NO2. The zero-order valence-corrected chi connectivity index (χ0v) is 17.6. The van der Waals surface area contributed by atoms with Gasteiger partial charge in [0.05, 0.1) is 6.54 Å². The molecule has 0 aliphatic heterocycles. The SMILES string of the molecule is CCCCC(C)CC.Cc1ccc2c(=O)n(Cc3ccc(O)cc3)ccc2c1. The van der Waals surface area contributed by atoms with Gasteiger partial charge in [-0.1, -0.05) is 76.3 Å². The first-order valence-corrected chi connectivity index (χ1v) is 10.3. The summed E-state index contributed by atoms with van der Waals surface area (Å²) >= 11 is 0. The molecule has 0 saturated heterocycles. The van der Waals surface area contributed by atoms with Crippen molar-refractivity contribution in [2.75, 3.05) is 0 Å². The van der Waals surface area contributed by atoms with Crippen LogP contribution >= 0.6 is 0 Å². The molecule has 1 atom stereocenters. The van der Waals surface area contributed by atoms with Crippen LogP contribution in [0.2, 0.25) is 0 Å². The highest BCUT2D eigenvalue weighted by Gasteiger charge is 2.04. The van der Waals surface area contributed by atoms with E-state index in [4.69, 9.17) is 0 Å². The van der Waals surface area contributed by atoms with Crippen molar-refractivity contribution in [3.8, 4) is 5.75 Å². The molecule has 0 bridgehead atoms. The van der Waals surface area contributed by atoms with Gasteiger partial charge < -0.3 is 9.67 Å². The first-order valence-electron chi connectivity index (χ1n) is 10.3. The van der Waals surface area contributed by atoms with Crippen LogP contribution in [0.3, 0.4) is 0 Å². The summed E-state index contributed by atoms with van der Waals surface area (Å²) in [7, 11) is 0. The Balaban J connectivity index is 0.000000300. The number of phenols is 1. The molecule has 0 radical (unpaired) electrons. The lowest BCUT2D eigenvalue weighted by molar-refractivity contribution is 0.475. The molecule has 3 heteroatoms. The fraction of sp³-hybridized carbons (Fsp3) is 0.400. The van der Waals surface area contributed by atoms with Crippen LogP contribution in [-0.2, 0) is 6.54 Å². The van der Waals surface area contributed by atoms with Crippen LogP contribution in [0.4, 0.5) is 0 Å². The summed E-state index contributed by atoms with van der Waals surface area (Å²) < 4.78 is 1.68. The molecule has 1 aromatic heterocycles. The Labute approximate surface area is 168 Å². The number of aromatic hydroxyl groups is 1. The van der Waals surface area contributed by atoms with Gasteiger partial charge in [0.1, 0.15) is 5.75 Å². The van der Waals surface area contributed by atoms with E-state index in [1.165, 1.54) is 25.7 Å². The van der Waals surface area contributed by atoms with Gasteiger partial charge in [-0.3, -0.25) is 4.79 Å². The van der Waals surface area contributed by atoms with Crippen LogP contribution in [0.15, 0.2) is 59.5 Å².